The summed E-state index contributed by atoms with van der Waals surface area (Å²) < 4.78 is 7.34. The molecule has 4 heterocycles. The Morgan fingerprint density at radius 3 is 2.81 bits per heavy atom. The number of fused-ring (bicyclic) bond motifs is 4. The van der Waals surface area contributed by atoms with Gasteiger partial charge in [0.15, 0.2) is 0 Å². The van der Waals surface area contributed by atoms with E-state index in [1.165, 1.54) is 0 Å². The molecule has 5 rings (SSSR count). The molecule has 3 aliphatic rings. The average molecular weight is 438 g/mol. The number of carbonyl (C=O) groups is 2. The highest BCUT2D eigenvalue weighted by Gasteiger charge is 2.36. The predicted octanol–water partition coefficient (Wildman–Crippen LogP) is 2.69. The molecular weight excluding hydrogens is 406 g/mol. The zero-order valence-electron chi connectivity index (χ0n) is 18.4. The van der Waals surface area contributed by atoms with Crippen molar-refractivity contribution in [1.29, 1.82) is 0 Å². The van der Waals surface area contributed by atoms with Crippen LogP contribution in [0.5, 0.6) is 0 Å². The smallest absolute Gasteiger partial charge is 0.250 e. The van der Waals surface area contributed by atoms with Crippen LogP contribution in [0, 0.1) is 11.8 Å². The van der Waals surface area contributed by atoms with E-state index in [-0.39, 0.29) is 42.2 Å². The Balaban J connectivity index is 1.13. The highest BCUT2D eigenvalue weighted by atomic mass is 16.3. The number of aromatic nitrogens is 1. The van der Waals surface area contributed by atoms with Gasteiger partial charge in [-0.15, -0.1) is 0 Å². The Labute approximate surface area is 187 Å². The molecule has 2 amide bonds. The number of amides is 2. The van der Waals surface area contributed by atoms with Crippen molar-refractivity contribution in [2.45, 2.75) is 63.5 Å². The first-order valence-corrected chi connectivity index (χ1v) is 11.9. The summed E-state index contributed by atoms with van der Waals surface area (Å²) in [5.74, 6) is 1.87. The van der Waals surface area contributed by atoms with Crippen LogP contribution in [0.2, 0.25) is 0 Å². The van der Waals surface area contributed by atoms with Crippen molar-refractivity contribution in [3.63, 3.8) is 0 Å². The van der Waals surface area contributed by atoms with Crippen LogP contribution in [-0.2, 0) is 22.6 Å². The zero-order valence-corrected chi connectivity index (χ0v) is 18.4. The maximum atomic E-state index is 12.9. The summed E-state index contributed by atoms with van der Waals surface area (Å²) in [5.41, 5.74) is 1.08. The van der Waals surface area contributed by atoms with Gasteiger partial charge in [-0.25, -0.2) is 0 Å². The fraction of sp³-hybridized carbons (Fsp3) is 0.560. The van der Waals surface area contributed by atoms with E-state index >= 15 is 0 Å². The summed E-state index contributed by atoms with van der Waals surface area (Å²) >= 11 is 0. The van der Waals surface area contributed by atoms with Gasteiger partial charge in [0.1, 0.15) is 5.76 Å². The number of likely N-dealkylation sites (tertiary alicyclic amines) is 1. The van der Waals surface area contributed by atoms with E-state index in [2.05, 4.69) is 5.32 Å². The third kappa shape index (κ3) is 4.38. The molecule has 1 saturated heterocycles. The lowest BCUT2D eigenvalue weighted by molar-refractivity contribution is -0.136. The number of carbonyl (C=O) groups excluding carboxylic acids is 2. The van der Waals surface area contributed by atoms with Gasteiger partial charge in [0.25, 0.3) is 5.56 Å². The number of piperidine rings is 1. The SMILES string of the molecule is O=C(CCC(=O)N1CC2C[C@@H](C1)Cn1c2cccc1=O)NC1CCCC1Cc1ccco1. The van der Waals surface area contributed by atoms with Crippen LogP contribution in [0.15, 0.2) is 45.8 Å². The number of nitrogens with zero attached hydrogens (tertiary/aromatic N) is 2. The van der Waals surface area contributed by atoms with E-state index in [0.717, 1.165) is 43.6 Å². The highest BCUT2D eigenvalue weighted by Crippen LogP contribution is 2.35. The van der Waals surface area contributed by atoms with E-state index in [9.17, 15) is 14.4 Å². The molecule has 0 spiro atoms. The molecule has 7 heteroatoms. The van der Waals surface area contributed by atoms with Crippen molar-refractivity contribution in [3.8, 4) is 0 Å². The first kappa shape index (κ1) is 21.0. The Hall–Kier alpha value is -2.83. The fourth-order valence-corrected chi connectivity index (χ4v) is 5.92. The third-order valence-corrected chi connectivity index (χ3v) is 7.45. The van der Waals surface area contributed by atoms with Crippen LogP contribution < -0.4 is 10.9 Å². The second-order valence-electron chi connectivity index (χ2n) is 9.65. The Morgan fingerprint density at radius 1 is 1.06 bits per heavy atom. The molecule has 2 aromatic rings. The minimum Gasteiger partial charge on any atom is -0.469 e. The normalized spacial score (nSPS) is 26.6. The first-order valence-electron chi connectivity index (χ1n) is 11.9. The van der Waals surface area contributed by atoms with Crippen molar-refractivity contribution in [1.82, 2.24) is 14.8 Å². The van der Waals surface area contributed by atoms with Crippen LogP contribution >= 0.6 is 0 Å². The molecule has 32 heavy (non-hydrogen) atoms. The maximum absolute atomic E-state index is 12.9. The number of rotatable bonds is 6. The van der Waals surface area contributed by atoms with E-state index in [1.807, 2.05) is 33.7 Å². The van der Waals surface area contributed by atoms with E-state index < -0.39 is 0 Å². The molecule has 2 bridgehead atoms. The summed E-state index contributed by atoms with van der Waals surface area (Å²) in [6.07, 6.45) is 7.20. The number of hydrogen-bond acceptors (Lipinski definition) is 4. The molecular formula is C25H31N3O4. The van der Waals surface area contributed by atoms with Gasteiger partial charge in [0, 0.05) is 62.6 Å². The molecule has 0 aromatic carbocycles. The van der Waals surface area contributed by atoms with Gasteiger partial charge >= 0.3 is 0 Å². The molecule has 2 fully saturated rings. The second kappa shape index (κ2) is 8.96. The summed E-state index contributed by atoms with van der Waals surface area (Å²) in [6.45, 7) is 1.98. The summed E-state index contributed by atoms with van der Waals surface area (Å²) in [7, 11) is 0. The number of nitrogens with one attached hydrogen (secondary N) is 1. The first-order chi connectivity index (χ1) is 15.6. The van der Waals surface area contributed by atoms with E-state index in [1.54, 1.807) is 12.3 Å². The third-order valence-electron chi connectivity index (χ3n) is 7.45. The van der Waals surface area contributed by atoms with Gasteiger partial charge < -0.3 is 19.2 Å². The molecule has 2 aliphatic heterocycles. The van der Waals surface area contributed by atoms with Crippen LogP contribution in [0.1, 0.15) is 55.9 Å². The van der Waals surface area contributed by atoms with E-state index in [4.69, 9.17) is 4.42 Å². The lowest BCUT2D eigenvalue weighted by Gasteiger charge is -2.42. The zero-order chi connectivity index (χ0) is 22.1. The Kier molecular flexibility index (Phi) is 5.89. The molecule has 4 atom stereocenters. The summed E-state index contributed by atoms with van der Waals surface area (Å²) in [6, 6.07) is 9.46. The molecule has 170 valence electrons. The largest absolute Gasteiger partial charge is 0.469 e. The molecule has 1 N–H and O–H groups in total. The number of pyridine rings is 1. The number of furan rings is 1. The topological polar surface area (TPSA) is 84.5 Å². The standard InChI is InChI=1S/C25H31N3O4/c29-23(26-21-6-1-4-18(21)13-20-5-3-11-32-20)9-10-24(30)27-14-17-12-19(16-27)22-7-2-8-25(31)28(22)15-17/h2-3,5,7-8,11,17-19,21H,1,4,6,9-10,12-16H2,(H,26,29)/t17-,18?,19?,21?/m0/s1. The van der Waals surface area contributed by atoms with Gasteiger partial charge in [-0.05, 0) is 49.3 Å². The van der Waals surface area contributed by atoms with Gasteiger partial charge in [0.05, 0.1) is 6.26 Å². The monoisotopic (exact) mass is 437 g/mol. The quantitative estimate of drug-likeness (QED) is 0.753. The fourth-order valence-electron chi connectivity index (χ4n) is 5.92. The minimum atomic E-state index is -0.0382. The summed E-state index contributed by atoms with van der Waals surface area (Å²) in [4.78, 5) is 39.6. The molecule has 1 saturated carbocycles. The molecule has 2 aromatic heterocycles. The van der Waals surface area contributed by atoms with Gasteiger partial charge in [-0.3, -0.25) is 14.4 Å². The van der Waals surface area contributed by atoms with E-state index in [0.29, 0.717) is 31.5 Å². The lowest BCUT2D eigenvalue weighted by atomic mass is 9.83. The van der Waals surface area contributed by atoms with Gasteiger partial charge in [-0.2, -0.15) is 0 Å². The number of hydrogen-bond donors (Lipinski definition) is 1. The van der Waals surface area contributed by atoms with Crippen molar-refractivity contribution in [2.75, 3.05) is 13.1 Å². The van der Waals surface area contributed by atoms with Gasteiger partial charge in [-0.1, -0.05) is 12.5 Å². The minimum absolute atomic E-state index is 0.0382. The second-order valence-corrected chi connectivity index (χ2v) is 9.65. The molecule has 0 radical (unpaired) electrons. The van der Waals surface area contributed by atoms with Crippen LogP contribution in [0.3, 0.4) is 0 Å². The molecule has 7 nitrogen and oxygen atoms in total. The Bertz CT molecular complexity index is 1030. The van der Waals surface area contributed by atoms with Crippen LogP contribution in [-0.4, -0.2) is 40.4 Å². The van der Waals surface area contributed by atoms with Crippen molar-refractivity contribution in [2.24, 2.45) is 11.8 Å². The predicted molar refractivity (Wildman–Crippen MR) is 119 cm³/mol. The highest BCUT2D eigenvalue weighted by molar-refractivity contribution is 5.84. The van der Waals surface area contributed by atoms with Crippen molar-refractivity contribution in [3.05, 3.63) is 58.4 Å². The lowest BCUT2D eigenvalue weighted by Crippen LogP contribution is -2.49. The van der Waals surface area contributed by atoms with Crippen LogP contribution in [0.25, 0.3) is 0 Å². The molecule has 1 aliphatic carbocycles. The summed E-state index contributed by atoms with van der Waals surface area (Å²) in [5, 5.41) is 3.17. The van der Waals surface area contributed by atoms with Gasteiger partial charge in [0.2, 0.25) is 11.8 Å². The van der Waals surface area contributed by atoms with Crippen molar-refractivity contribution >= 4 is 11.8 Å². The van der Waals surface area contributed by atoms with Crippen LogP contribution in [0.4, 0.5) is 0 Å². The van der Waals surface area contributed by atoms with Crippen molar-refractivity contribution < 1.29 is 14.0 Å². The average Bonchev–Trinajstić information content (AvgIpc) is 3.45. The Morgan fingerprint density at radius 2 is 1.97 bits per heavy atom. The molecule has 3 unspecified atom stereocenters. The maximum Gasteiger partial charge on any atom is 0.250 e.